The number of carbonyl (C=O) groups excluding carboxylic acids is 1. The van der Waals surface area contributed by atoms with Crippen molar-refractivity contribution in [1.82, 2.24) is 15.2 Å². The summed E-state index contributed by atoms with van der Waals surface area (Å²) in [4.78, 5) is 16.3. The molecule has 0 spiro atoms. The van der Waals surface area contributed by atoms with Crippen molar-refractivity contribution in [1.29, 1.82) is 0 Å². The standard InChI is InChI=1S/C14H11ClN4O2/c1-2-13-17-10-7-8(3-5-11(10)21-13)16-14(20)9-4-6-12(15)19-18-9/h3-7H,2H2,1H3,(H,16,20). The van der Waals surface area contributed by atoms with Crippen LogP contribution < -0.4 is 5.32 Å². The van der Waals surface area contributed by atoms with Crippen LogP contribution in [0.1, 0.15) is 23.3 Å². The highest BCUT2D eigenvalue weighted by atomic mass is 35.5. The highest BCUT2D eigenvalue weighted by Crippen LogP contribution is 2.20. The van der Waals surface area contributed by atoms with Gasteiger partial charge in [0.1, 0.15) is 5.52 Å². The van der Waals surface area contributed by atoms with E-state index >= 15 is 0 Å². The molecule has 0 saturated heterocycles. The topological polar surface area (TPSA) is 80.9 Å². The predicted molar refractivity (Wildman–Crippen MR) is 78.4 cm³/mol. The molecule has 1 N–H and O–H groups in total. The Hall–Kier alpha value is -2.47. The molecule has 3 rings (SSSR count). The van der Waals surface area contributed by atoms with Gasteiger partial charge in [0.25, 0.3) is 5.91 Å². The van der Waals surface area contributed by atoms with Crippen LogP contribution in [0.15, 0.2) is 34.7 Å². The molecule has 0 bridgehead atoms. The number of carbonyl (C=O) groups is 1. The molecule has 1 aromatic carbocycles. The number of fused-ring (bicyclic) bond motifs is 1. The summed E-state index contributed by atoms with van der Waals surface area (Å²) >= 11 is 5.63. The molecule has 2 aromatic heterocycles. The van der Waals surface area contributed by atoms with Crippen LogP contribution in [0.3, 0.4) is 0 Å². The average Bonchev–Trinajstić information content (AvgIpc) is 2.90. The third-order valence-electron chi connectivity index (χ3n) is 2.86. The Morgan fingerprint density at radius 2 is 2.14 bits per heavy atom. The van der Waals surface area contributed by atoms with Crippen molar-refractivity contribution in [2.75, 3.05) is 5.32 Å². The van der Waals surface area contributed by atoms with Gasteiger partial charge < -0.3 is 9.73 Å². The lowest BCUT2D eigenvalue weighted by Crippen LogP contribution is -2.14. The monoisotopic (exact) mass is 302 g/mol. The third-order valence-corrected chi connectivity index (χ3v) is 3.06. The largest absolute Gasteiger partial charge is 0.441 e. The van der Waals surface area contributed by atoms with E-state index in [1.54, 1.807) is 18.2 Å². The second-order valence-corrected chi connectivity index (χ2v) is 4.73. The molecular weight excluding hydrogens is 292 g/mol. The molecule has 106 valence electrons. The molecule has 1 amide bonds. The minimum absolute atomic E-state index is 0.189. The fourth-order valence-corrected chi connectivity index (χ4v) is 1.94. The van der Waals surface area contributed by atoms with Crippen molar-refractivity contribution < 1.29 is 9.21 Å². The van der Waals surface area contributed by atoms with Gasteiger partial charge in [-0.1, -0.05) is 18.5 Å². The lowest BCUT2D eigenvalue weighted by molar-refractivity contribution is 0.102. The van der Waals surface area contributed by atoms with Crippen LogP contribution in [0.5, 0.6) is 0 Å². The van der Waals surface area contributed by atoms with Gasteiger partial charge in [0.2, 0.25) is 0 Å². The quantitative estimate of drug-likeness (QED) is 0.804. The van der Waals surface area contributed by atoms with Crippen molar-refractivity contribution in [2.24, 2.45) is 0 Å². The highest BCUT2D eigenvalue weighted by Gasteiger charge is 2.10. The summed E-state index contributed by atoms with van der Waals surface area (Å²) < 4.78 is 5.51. The van der Waals surface area contributed by atoms with Crippen molar-refractivity contribution in [2.45, 2.75) is 13.3 Å². The maximum atomic E-state index is 12.0. The van der Waals surface area contributed by atoms with Gasteiger partial charge >= 0.3 is 0 Å². The summed E-state index contributed by atoms with van der Waals surface area (Å²) in [7, 11) is 0. The molecule has 0 aliphatic carbocycles. The fraction of sp³-hybridized carbons (Fsp3) is 0.143. The molecule has 0 unspecified atom stereocenters. The zero-order chi connectivity index (χ0) is 14.8. The van der Waals surface area contributed by atoms with Crippen LogP contribution in [0, 0.1) is 0 Å². The molecule has 0 saturated carbocycles. The number of oxazole rings is 1. The van der Waals surface area contributed by atoms with Crippen LogP contribution in [0.25, 0.3) is 11.1 Å². The number of aromatic nitrogens is 3. The number of rotatable bonds is 3. The summed E-state index contributed by atoms with van der Waals surface area (Å²) in [6, 6.07) is 8.28. The first-order valence-corrected chi connectivity index (χ1v) is 6.73. The van der Waals surface area contributed by atoms with Crippen molar-refractivity contribution >= 4 is 34.3 Å². The Balaban J connectivity index is 1.83. The third kappa shape index (κ3) is 2.85. The summed E-state index contributed by atoms with van der Waals surface area (Å²) in [5.74, 6) is 0.301. The number of benzene rings is 1. The number of halogens is 1. The normalized spacial score (nSPS) is 10.8. The number of anilines is 1. The molecule has 0 aliphatic heterocycles. The van der Waals surface area contributed by atoms with Gasteiger partial charge in [0.05, 0.1) is 0 Å². The van der Waals surface area contributed by atoms with E-state index in [-0.39, 0.29) is 16.8 Å². The first-order valence-electron chi connectivity index (χ1n) is 6.36. The van der Waals surface area contributed by atoms with Crippen LogP contribution in [0.4, 0.5) is 5.69 Å². The van der Waals surface area contributed by atoms with Gasteiger partial charge in [-0.2, -0.15) is 0 Å². The van der Waals surface area contributed by atoms with E-state index in [1.807, 2.05) is 6.92 Å². The van der Waals surface area contributed by atoms with Crippen LogP contribution in [0.2, 0.25) is 5.15 Å². The van der Waals surface area contributed by atoms with Crippen molar-refractivity contribution in [3.63, 3.8) is 0 Å². The molecule has 3 aromatic rings. The van der Waals surface area contributed by atoms with Gasteiger partial charge in [-0.3, -0.25) is 4.79 Å². The smallest absolute Gasteiger partial charge is 0.276 e. The number of nitrogens with zero attached hydrogens (tertiary/aromatic N) is 3. The molecule has 7 heteroatoms. The summed E-state index contributed by atoms with van der Waals surface area (Å²) in [6.45, 7) is 1.96. The van der Waals surface area contributed by atoms with E-state index in [2.05, 4.69) is 20.5 Å². The van der Waals surface area contributed by atoms with Gasteiger partial charge in [0, 0.05) is 12.1 Å². The van der Waals surface area contributed by atoms with Gasteiger partial charge in [-0.25, -0.2) is 4.98 Å². The van der Waals surface area contributed by atoms with E-state index in [4.69, 9.17) is 16.0 Å². The second-order valence-electron chi connectivity index (χ2n) is 4.34. The van der Waals surface area contributed by atoms with Gasteiger partial charge in [0.15, 0.2) is 22.3 Å². The fourth-order valence-electron chi connectivity index (χ4n) is 1.84. The zero-order valence-corrected chi connectivity index (χ0v) is 11.9. The van der Waals surface area contributed by atoms with Crippen molar-refractivity contribution in [3.05, 3.63) is 47.1 Å². The minimum Gasteiger partial charge on any atom is -0.441 e. The lowest BCUT2D eigenvalue weighted by Gasteiger charge is -2.03. The van der Waals surface area contributed by atoms with Gasteiger partial charge in [-0.15, -0.1) is 10.2 Å². The Morgan fingerprint density at radius 3 is 2.86 bits per heavy atom. The zero-order valence-electron chi connectivity index (χ0n) is 11.1. The second kappa shape index (κ2) is 5.49. The molecule has 0 atom stereocenters. The Morgan fingerprint density at radius 1 is 1.29 bits per heavy atom. The Kier molecular flexibility index (Phi) is 3.53. The van der Waals surface area contributed by atoms with Crippen LogP contribution in [-0.4, -0.2) is 21.1 Å². The molecule has 0 aliphatic rings. The maximum Gasteiger partial charge on any atom is 0.276 e. The first-order chi connectivity index (χ1) is 10.2. The van der Waals surface area contributed by atoms with E-state index in [1.165, 1.54) is 12.1 Å². The van der Waals surface area contributed by atoms with E-state index in [0.717, 1.165) is 6.42 Å². The molecule has 6 nitrogen and oxygen atoms in total. The molecule has 21 heavy (non-hydrogen) atoms. The van der Waals surface area contributed by atoms with E-state index in [0.29, 0.717) is 22.7 Å². The Bertz CT molecular complexity index is 798. The maximum absolute atomic E-state index is 12.0. The molecule has 2 heterocycles. The molecular formula is C14H11ClN4O2. The van der Waals surface area contributed by atoms with E-state index in [9.17, 15) is 4.79 Å². The predicted octanol–water partition coefficient (Wildman–Crippen LogP) is 3.09. The lowest BCUT2D eigenvalue weighted by atomic mass is 10.2. The number of hydrogen-bond donors (Lipinski definition) is 1. The van der Waals surface area contributed by atoms with Crippen LogP contribution >= 0.6 is 11.6 Å². The average molecular weight is 303 g/mol. The van der Waals surface area contributed by atoms with Gasteiger partial charge in [-0.05, 0) is 30.3 Å². The number of aryl methyl sites for hydroxylation is 1. The number of hydrogen-bond acceptors (Lipinski definition) is 5. The Labute approximate surface area is 125 Å². The summed E-state index contributed by atoms with van der Waals surface area (Å²) in [6.07, 6.45) is 0.719. The summed E-state index contributed by atoms with van der Waals surface area (Å²) in [5, 5.41) is 10.3. The SMILES string of the molecule is CCc1nc2cc(NC(=O)c3ccc(Cl)nn3)ccc2o1. The van der Waals surface area contributed by atoms with Crippen molar-refractivity contribution in [3.8, 4) is 0 Å². The van der Waals surface area contributed by atoms with E-state index < -0.39 is 0 Å². The molecule has 0 fully saturated rings. The van der Waals surface area contributed by atoms with Crippen LogP contribution in [-0.2, 0) is 6.42 Å². The number of nitrogens with one attached hydrogen (secondary N) is 1. The first kappa shape index (κ1) is 13.5. The minimum atomic E-state index is -0.363. The summed E-state index contributed by atoms with van der Waals surface area (Å²) in [5.41, 5.74) is 2.19. The number of amides is 1. The molecule has 0 radical (unpaired) electrons. The highest BCUT2D eigenvalue weighted by molar-refractivity contribution is 6.29.